The van der Waals surface area contributed by atoms with Crippen LogP contribution in [0.5, 0.6) is 0 Å². The van der Waals surface area contributed by atoms with E-state index in [0.29, 0.717) is 17.5 Å². The highest BCUT2D eigenvalue weighted by molar-refractivity contribution is 7.99. The number of nitrogens with zero attached hydrogens (tertiary/aromatic N) is 1. The van der Waals surface area contributed by atoms with Crippen molar-refractivity contribution in [2.75, 3.05) is 5.75 Å². The number of benzene rings is 1. The Kier molecular flexibility index (Phi) is 3.87. The average molecular weight is 274 g/mol. The number of aromatic amines is 1. The summed E-state index contributed by atoms with van der Waals surface area (Å²) in [4.78, 5) is 19.9. The van der Waals surface area contributed by atoms with Gasteiger partial charge in [-0.05, 0) is 25.0 Å². The quantitative estimate of drug-likeness (QED) is 0.862. The molecule has 100 valence electrons. The molecule has 4 heteroatoms. The Balaban J connectivity index is 1.60. The lowest BCUT2D eigenvalue weighted by molar-refractivity contribution is -0.121. The van der Waals surface area contributed by atoms with E-state index in [2.05, 4.69) is 9.97 Å². The number of carbonyl (C=O) groups is 1. The van der Waals surface area contributed by atoms with Crippen LogP contribution in [0.4, 0.5) is 0 Å². The Morgan fingerprint density at radius 1 is 1.26 bits per heavy atom. The van der Waals surface area contributed by atoms with Crippen LogP contribution in [0.25, 0.3) is 11.0 Å². The smallest absolute Gasteiger partial charge is 0.166 e. The second kappa shape index (κ2) is 5.78. The van der Waals surface area contributed by atoms with Gasteiger partial charge in [0, 0.05) is 5.92 Å². The van der Waals surface area contributed by atoms with E-state index in [-0.39, 0.29) is 0 Å². The minimum Gasteiger partial charge on any atom is -0.333 e. The van der Waals surface area contributed by atoms with E-state index >= 15 is 0 Å². The molecule has 0 aliphatic heterocycles. The molecule has 0 spiro atoms. The summed E-state index contributed by atoms with van der Waals surface area (Å²) in [6.45, 7) is 0. The number of aromatic nitrogens is 2. The number of Topliss-reactive ketones (excluding diaryl/α,β-unsaturated/α-hetero) is 1. The lowest BCUT2D eigenvalue weighted by atomic mass is 9.87. The Morgan fingerprint density at radius 3 is 2.84 bits per heavy atom. The van der Waals surface area contributed by atoms with Gasteiger partial charge in [0.05, 0.1) is 16.8 Å². The zero-order valence-electron chi connectivity index (χ0n) is 10.9. The van der Waals surface area contributed by atoms with E-state index in [9.17, 15) is 4.79 Å². The minimum absolute atomic E-state index is 0.297. The highest BCUT2D eigenvalue weighted by atomic mass is 32.2. The molecule has 3 nitrogen and oxygen atoms in total. The first kappa shape index (κ1) is 12.7. The third-order valence-corrected chi connectivity index (χ3v) is 4.67. The number of nitrogens with one attached hydrogen (secondary N) is 1. The number of imidazole rings is 1. The first-order chi connectivity index (χ1) is 9.33. The molecule has 1 saturated carbocycles. The first-order valence-corrected chi connectivity index (χ1v) is 7.92. The van der Waals surface area contributed by atoms with E-state index in [0.717, 1.165) is 29.0 Å². The molecule has 0 unspecified atom stereocenters. The third-order valence-electron chi connectivity index (χ3n) is 3.78. The molecule has 0 radical (unpaired) electrons. The Bertz CT molecular complexity index is 539. The maximum absolute atomic E-state index is 12.1. The summed E-state index contributed by atoms with van der Waals surface area (Å²) in [5, 5.41) is 0.852. The molecule has 3 rings (SSSR count). The summed E-state index contributed by atoms with van der Waals surface area (Å²) in [6, 6.07) is 7.96. The lowest BCUT2D eigenvalue weighted by Gasteiger charge is -2.19. The molecule has 0 bridgehead atoms. The summed E-state index contributed by atoms with van der Waals surface area (Å²) in [6.07, 6.45) is 5.89. The van der Waals surface area contributed by atoms with Crippen LogP contribution < -0.4 is 0 Å². The normalized spacial score (nSPS) is 16.8. The van der Waals surface area contributed by atoms with Crippen molar-refractivity contribution in [3.8, 4) is 0 Å². The molecule has 1 fully saturated rings. The molecule has 0 saturated heterocycles. The van der Waals surface area contributed by atoms with Crippen molar-refractivity contribution in [1.82, 2.24) is 9.97 Å². The van der Waals surface area contributed by atoms with Gasteiger partial charge in [0.25, 0.3) is 0 Å². The van der Waals surface area contributed by atoms with Crippen molar-refractivity contribution in [3.05, 3.63) is 24.3 Å². The molecule has 1 aromatic carbocycles. The molecule has 1 aromatic heterocycles. The van der Waals surface area contributed by atoms with E-state index in [1.807, 2.05) is 24.3 Å². The predicted molar refractivity (Wildman–Crippen MR) is 78.4 cm³/mol. The highest BCUT2D eigenvalue weighted by Gasteiger charge is 2.21. The fourth-order valence-corrected chi connectivity index (χ4v) is 3.54. The molecule has 1 aliphatic carbocycles. The molecule has 2 aromatic rings. The van der Waals surface area contributed by atoms with Gasteiger partial charge >= 0.3 is 0 Å². The van der Waals surface area contributed by atoms with Gasteiger partial charge in [-0.2, -0.15) is 0 Å². The molecular weight excluding hydrogens is 256 g/mol. The van der Waals surface area contributed by atoms with Crippen molar-refractivity contribution in [1.29, 1.82) is 0 Å². The second-order valence-electron chi connectivity index (χ2n) is 5.15. The van der Waals surface area contributed by atoms with Crippen molar-refractivity contribution in [2.24, 2.45) is 5.92 Å². The largest absolute Gasteiger partial charge is 0.333 e. The standard InChI is InChI=1S/C15H18N2OS/c18-14(11-6-2-1-3-7-11)10-19-15-16-12-8-4-5-9-13(12)17-15/h4-5,8-9,11H,1-3,6-7,10H2,(H,16,17). The van der Waals surface area contributed by atoms with Gasteiger partial charge in [0.1, 0.15) is 5.78 Å². The number of thioether (sulfide) groups is 1. The Morgan fingerprint density at radius 2 is 2.05 bits per heavy atom. The number of H-pyrrole nitrogens is 1. The Hall–Kier alpha value is -1.29. The van der Waals surface area contributed by atoms with Gasteiger partial charge in [0.15, 0.2) is 5.16 Å². The molecule has 1 heterocycles. The highest BCUT2D eigenvalue weighted by Crippen LogP contribution is 2.27. The molecule has 0 atom stereocenters. The van der Waals surface area contributed by atoms with Gasteiger partial charge in [-0.15, -0.1) is 0 Å². The summed E-state index contributed by atoms with van der Waals surface area (Å²) >= 11 is 1.53. The zero-order valence-corrected chi connectivity index (χ0v) is 11.7. The van der Waals surface area contributed by atoms with Gasteiger partial charge in [0.2, 0.25) is 0 Å². The monoisotopic (exact) mass is 274 g/mol. The molecule has 0 amide bonds. The summed E-state index contributed by atoms with van der Waals surface area (Å²) in [5.41, 5.74) is 2.00. The van der Waals surface area contributed by atoms with Crippen molar-refractivity contribution >= 4 is 28.6 Å². The van der Waals surface area contributed by atoms with Crippen LogP contribution in [0.2, 0.25) is 0 Å². The number of para-hydroxylation sites is 2. The van der Waals surface area contributed by atoms with E-state index in [1.165, 1.54) is 31.0 Å². The third kappa shape index (κ3) is 3.00. The van der Waals surface area contributed by atoms with E-state index < -0.39 is 0 Å². The topological polar surface area (TPSA) is 45.8 Å². The molecule has 1 aliphatic rings. The predicted octanol–water partition coefficient (Wildman–Crippen LogP) is 3.80. The number of fused-ring (bicyclic) bond motifs is 1. The molecular formula is C15H18N2OS. The summed E-state index contributed by atoms with van der Waals surface area (Å²) in [7, 11) is 0. The van der Waals surface area contributed by atoms with Gasteiger partial charge in [-0.25, -0.2) is 4.98 Å². The number of hydrogen-bond acceptors (Lipinski definition) is 3. The Labute approximate surface area is 117 Å². The fourth-order valence-electron chi connectivity index (χ4n) is 2.68. The SMILES string of the molecule is O=C(CSc1nc2ccccc2[nH]1)C1CCCCC1. The number of hydrogen-bond donors (Lipinski definition) is 1. The number of ketones is 1. The van der Waals surface area contributed by atoms with E-state index in [1.54, 1.807) is 0 Å². The van der Waals surface area contributed by atoms with Crippen LogP contribution in [-0.4, -0.2) is 21.5 Å². The lowest BCUT2D eigenvalue weighted by Crippen LogP contribution is -2.19. The number of carbonyl (C=O) groups excluding carboxylic acids is 1. The van der Waals surface area contributed by atoms with Gasteiger partial charge < -0.3 is 4.98 Å². The van der Waals surface area contributed by atoms with Crippen LogP contribution >= 0.6 is 11.8 Å². The van der Waals surface area contributed by atoms with Crippen molar-refractivity contribution in [2.45, 2.75) is 37.3 Å². The average Bonchev–Trinajstić information content (AvgIpc) is 2.88. The van der Waals surface area contributed by atoms with E-state index in [4.69, 9.17) is 0 Å². The van der Waals surface area contributed by atoms with Gasteiger partial charge in [-0.3, -0.25) is 4.79 Å². The summed E-state index contributed by atoms with van der Waals surface area (Å²) < 4.78 is 0. The van der Waals surface area contributed by atoms with Gasteiger partial charge in [-0.1, -0.05) is 43.2 Å². The zero-order chi connectivity index (χ0) is 13.1. The van der Waals surface area contributed by atoms with Crippen molar-refractivity contribution in [3.63, 3.8) is 0 Å². The molecule has 19 heavy (non-hydrogen) atoms. The first-order valence-electron chi connectivity index (χ1n) is 6.93. The summed E-state index contributed by atoms with van der Waals surface area (Å²) in [5.74, 6) is 1.24. The molecule has 1 N–H and O–H groups in total. The van der Waals surface area contributed by atoms with Crippen molar-refractivity contribution < 1.29 is 4.79 Å². The maximum atomic E-state index is 12.1. The fraction of sp³-hybridized carbons (Fsp3) is 0.467. The van der Waals surface area contributed by atoms with Crippen LogP contribution in [0.3, 0.4) is 0 Å². The van der Waals surface area contributed by atoms with Crippen LogP contribution in [0.15, 0.2) is 29.4 Å². The van der Waals surface area contributed by atoms with Crippen LogP contribution in [0.1, 0.15) is 32.1 Å². The number of rotatable bonds is 4. The maximum Gasteiger partial charge on any atom is 0.166 e. The minimum atomic E-state index is 0.297. The van der Waals surface area contributed by atoms with Crippen LogP contribution in [-0.2, 0) is 4.79 Å². The second-order valence-corrected chi connectivity index (χ2v) is 6.11. The van der Waals surface area contributed by atoms with Crippen LogP contribution in [0, 0.1) is 5.92 Å².